The number of nitrogens with zero attached hydrogens (tertiary/aromatic N) is 2. The molecule has 1 saturated heterocycles. The van der Waals surface area contributed by atoms with Crippen LogP contribution in [0.3, 0.4) is 0 Å². The number of aliphatic carboxylic acids is 1. The van der Waals surface area contributed by atoms with Crippen LogP contribution in [0.4, 0.5) is 4.39 Å². The number of esters is 1. The molecule has 5 atom stereocenters. The summed E-state index contributed by atoms with van der Waals surface area (Å²) in [6.45, 7) is 17.4. The molecule has 2 rings (SSSR count). The van der Waals surface area contributed by atoms with Crippen LogP contribution in [-0.4, -0.2) is 78.2 Å². The lowest BCUT2D eigenvalue weighted by molar-refractivity contribution is -0.160. The van der Waals surface area contributed by atoms with Gasteiger partial charge in [-0.3, -0.25) is 14.4 Å². The number of hydrogen-bond acceptors (Lipinski definition) is 8. The van der Waals surface area contributed by atoms with E-state index in [1.807, 2.05) is 0 Å². The van der Waals surface area contributed by atoms with Crippen molar-refractivity contribution in [3.63, 3.8) is 0 Å². The summed E-state index contributed by atoms with van der Waals surface area (Å²) in [6, 6.07) is -0.903. The van der Waals surface area contributed by atoms with E-state index in [2.05, 4.69) is 44.2 Å². The molecule has 1 aromatic rings. The van der Waals surface area contributed by atoms with Gasteiger partial charge in [-0.05, 0) is 56.8 Å². The molecule has 242 valence electrons. The van der Waals surface area contributed by atoms with Crippen molar-refractivity contribution in [3.8, 4) is 0 Å². The van der Waals surface area contributed by atoms with E-state index in [0.29, 0.717) is 19.4 Å². The van der Waals surface area contributed by atoms with Crippen LogP contribution in [0.2, 0.25) is 18.1 Å². The molecule has 1 fully saturated rings. The van der Waals surface area contributed by atoms with Crippen LogP contribution in [-0.2, 0) is 30.0 Å². The molecule has 2 N–H and O–H groups in total. The molecular weight excluding hydrogens is 577 g/mol. The Labute approximate surface area is 254 Å². The molecule has 1 aliphatic rings. The lowest BCUT2D eigenvalue weighted by atomic mass is 9.89. The minimum atomic E-state index is -2.13. The van der Waals surface area contributed by atoms with Gasteiger partial charge >= 0.3 is 11.9 Å². The molecule has 2 amide bonds. The Kier molecular flexibility index (Phi) is 12.7. The number of amides is 2. The molecule has 2 heterocycles. The minimum Gasteiger partial charge on any atom is -0.481 e. The van der Waals surface area contributed by atoms with E-state index in [1.54, 1.807) is 20.8 Å². The van der Waals surface area contributed by atoms with Gasteiger partial charge in [0.05, 0.1) is 12.8 Å². The summed E-state index contributed by atoms with van der Waals surface area (Å²) >= 11 is 0. The van der Waals surface area contributed by atoms with Crippen LogP contribution in [0.25, 0.3) is 0 Å². The Balaban J connectivity index is 2.15. The Morgan fingerprint density at radius 1 is 1.23 bits per heavy atom. The highest BCUT2D eigenvalue weighted by Crippen LogP contribution is 2.37. The Hall–Kier alpha value is -3.06. The number of likely N-dealkylation sites (tertiary alicyclic amines) is 1. The molecule has 0 radical (unpaired) electrons. The van der Waals surface area contributed by atoms with Gasteiger partial charge in [0, 0.05) is 12.5 Å². The summed E-state index contributed by atoms with van der Waals surface area (Å²) in [6.07, 6.45) is 1.67. The second-order valence-corrected chi connectivity index (χ2v) is 17.8. The summed E-state index contributed by atoms with van der Waals surface area (Å²) in [5.41, 5.74) is -0.0276. The molecule has 1 aliphatic heterocycles. The van der Waals surface area contributed by atoms with E-state index in [0.717, 1.165) is 6.26 Å². The number of rotatable bonds is 14. The zero-order chi connectivity index (χ0) is 32.7. The Morgan fingerprint density at radius 2 is 1.88 bits per heavy atom. The van der Waals surface area contributed by atoms with Gasteiger partial charge in [-0.25, -0.2) is 14.2 Å². The zero-order valence-corrected chi connectivity index (χ0v) is 27.8. The largest absolute Gasteiger partial charge is 0.481 e. The third kappa shape index (κ3) is 10.6. The summed E-state index contributed by atoms with van der Waals surface area (Å²) in [5, 5.41) is 12.3. The van der Waals surface area contributed by atoms with Crippen LogP contribution in [0, 0.1) is 11.8 Å². The van der Waals surface area contributed by atoms with Crippen molar-refractivity contribution in [2.45, 2.75) is 117 Å². The molecule has 0 saturated carbocycles. The first-order valence-electron chi connectivity index (χ1n) is 14.8. The number of halogens is 1. The molecule has 1 unspecified atom stereocenters. The molecule has 43 heavy (non-hydrogen) atoms. The molecule has 1 aromatic heterocycles. The number of nitrogens with one attached hydrogen (secondary N) is 1. The van der Waals surface area contributed by atoms with Crippen LogP contribution in [0.1, 0.15) is 84.1 Å². The maximum Gasteiger partial charge on any atom is 0.329 e. The van der Waals surface area contributed by atoms with Gasteiger partial charge in [-0.1, -0.05) is 40.7 Å². The van der Waals surface area contributed by atoms with Crippen molar-refractivity contribution in [1.29, 1.82) is 0 Å². The third-order valence-electron chi connectivity index (χ3n) is 7.87. The van der Waals surface area contributed by atoms with Gasteiger partial charge in [0.1, 0.15) is 30.8 Å². The molecule has 0 aromatic carbocycles. The average molecular weight is 626 g/mol. The smallest absolute Gasteiger partial charge is 0.329 e. The fourth-order valence-electron chi connectivity index (χ4n) is 4.68. The topological polar surface area (TPSA) is 148 Å². The summed E-state index contributed by atoms with van der Waals surface area (Å²) < 4.78 is 30.6. The standard InChI is InChI=1S/C30H48FN3O8Si/c1-18(2)27(21(16-26(36)37)12-13-24(35)32-20(4)42-43(8,9)30(5,6)7)41-29(39)23-11-10-14-34(23)28(38)22-17-40-25(33-22)15-19(3)31/h12-13,17-21,23,27H,10-11,14-16H2,1-9H3,(H,32,35)(H,36,37)/b13-12+/t19-,20?,21+,23-,27-/m1/s1. The van der Waals surface area contributed by atoms with Gasteiger partial charge in [0.15, 0.2) is 19.9 Å². The van der Waals surface area contributed by atoms with E-state index in [-0.39, 0.29) is 35.4 Å². The van der Waals surface area contributed by atoms with Gasteiger partial charge < -0.3 is 28.9 Å². The maximum atomic E-state index is 13.4. The fourth-order valence-corrected chi connectivity index (χ4v) is 5.98. The molecule has 0 aliphatic carbocycles. The van der Waals surface area contributed by atoms with E-state index in [9.17, 15) is 28.7 Å². The minimum absolute atomic E-state index is 0.0276. The fraction of sp³-hybridized carbons (Fsp3) is 0.700. The first-order chi connectivity index (χ1) is 19.8. The molecule has 0 spiro atoms. The highest BCUT2D eigenvalue weighted by atomic mass is 28.4. The average Bonchev–Trinajstić information content (AvgIpc) is 3.53. The van der Waals surface area contributed by atoms with Crippen molar-refractivity contribution in [1.82, 2.24) is 15.2 Å². The number of ether oxygens (including phenoxy) is 1. The number of carbonyl (C=O) groups excluding carboxylic acids is 3. The normalized spacial score (nSPS) is 18.9. The van der Waals surface area contributed by atoms with Crippen molar-refractivity contribution in [2.24, 2.45) is 11.8 Å². The van der Waals surface area contributed by atoms with E-state index < -0.39 is 62.5 Å². The second kappa shape index (κ2) is 15.1. The molecule has 11 nitrogen and oxygen atoms in total. The Bertz CT molecular complexity index is 1160. The van der Waals surface area contributed by atoms with Crippen molar-refractivity contribution in [3.05, 3.63) is 30.0 Å². The van der Waals surface area contributed by atoms with Crippen LogP contribution in [0.5, 0.6) is 0 Å². The third-order valence-corrected chi connectivity index (χ3v) is 12.4. The summed E-state index contributed by atoms with van der Waals surface area (Å²) in [4.78, 5) is 56.4. The highest BCUT2D eigenvalue weighted by Gasteiger charge is 2.40. The number of hydrogen-bond donors (Lipinski definition) is 2. The first kappa shape index (κ1) is 36.1. The molecular formula is C30H48FN3O8Si. The first-order valence-corrected chi connectivity index (χ1v) is 17.7. The van der Waals surface area contributed by atoms with Crippen molar-refractivity contribution in [2.75, 3.05) is 6.54 Å². The van der Waals surface area contributed by atoms with Gasteiger partial charge in [0.2, 0.25) is 5.91 Å². The monoisotopic (exact) mass is 625 g/mol. The molecule has 0 bridgehead atoms. The quantitative estimate of drug-likeness (QED) is 0.128. The van der Waals surface area contributed by atoms with Crippen LogP contribution < -0.4 is 5.32 Å². The SMILES string of the molecule is CC(NC(=O)/C=C/[C@@H](CC(=O)O)[C@H](OC(=O)[C@H]1CCCN1C(=O)c1coc(C[C@@H](C)F)n1)C(C)C)O[Si](C)(C)C(C)(C)C. The summed E-state index contributed by atoms with van der Waals surface area (Å²) in [7, 11) is -2.13. The number of alkyl halides is 1. The predicted octanol–water partition coefficient (Wildman–Crippen LogP) is 4.88. The van der Waals surface area contributed by atoms with Gasteiger partial charge in [-0.15, -0.1) is 0 Å². The predicted molar refractivity (Wildman–Crippen MR) is 160 cm³/mol. The van der Waals surface area contributed by atoms with Crippen molar-refractivity contribution < 1.29 is 42.3 Å². The van der Waals surface area contributed by atoms with E-state index >= 15 is 0 Å². The zero-order valence-electron chi connectivity index (χ0n) is 26.8. The molecule has 13 heteroatoms. The summed E-state index contributed by atoms with van der Waals surface area (Å²) in [5.74, 6) is -3.80. The highest BCUT2D eigenvalue weighted by molar-refractivity contribution is 6.74. The van der Waals surface area contributed by atoms with Crippen LogP contribution in [0.15, 0.2) is 22.8 Å². The lowest BCUT2D eigenvalue weighted by Crippen LogP contribution is -2.48. The Morgan fingerprint density at radius 3 is 2.44 bits per heavy atom. The second-order valence-electron chi connectivity index (χ2n) is 13.1. The maximum absolute atomic E-state index is 13.4. The van der Waals surface area contributed by atoms with E-state index in [4.69, 9.17) is 13.6 Å². The van der Waals surface area contributed by atoms with Crippen molar-refractivity contribution >= 4 is 32.1 Å². The van der Waals surface area contributed by atoms with Crippen LogP contribution >= 0.6 is 0 Å². The van der Waals surface area contributed by atoms with Gasteiger partial charge in [-0.2, -0.15) is 0 Å². The number of carbonyl (C=O) groups is 4. The number of carboxylic acid groups (broad SMARTS) is 1. The number of carboxylic acids is 1. The lowest BCUT2D eigenvalue weighted by Gasteiger charge is -2.38. The number of oxazole rings is 1. The van der Waals surface area contributed by atoms with Gasteiger partial charge in [0.25, 0.3) is 5.91 Å². The number of aromatic nitrogens is 1. The van der Waals surface area contributed by atoms with E-state index in [1.165, 1.54) is 24.0 Å².